The lowest BCUT2D eigenvalue weighted by atomic mass is 10.2. The quantitative estimate of drug-likeness (QED) is 0.186. The number of nitrogens with two attached hydrogens (primary N) is 1. The summed E-state index contributed by atoms with van der Waals surface area (Å²) in [4.78, 5) is 23.8. The van der Waals surface area contributed by atoms with Crippen molar-refractivity contribution in [1.82, 2.24) is 16.0 Å². The van der Waals surface area contributed by atoms with E-state index in [0.29, 0.717) is 30.9 Å². The normalized spacial score (nSPS) is 12.4. The lowest BCUT2D eigenvalue weighted by molar-refractivity contribution is -0.127. The molecule has 32 heavy (non-hydrogen) atoms. The minimum absolute atomic E-state index is 0.0757. The highest BCUT2D eigenvalue weighted by atomic mass is 16.6. The minimum atomic E-state index is -1.07. The molecule has 1 unspecified atom stereocenters. The van der Waals surface area contributed by atoms with E-state index in [0.717, 1.165) is 0 Å². The van der Waals surface area contributed by atoms with E-state index < -0.39 is 5.72 Å². The second-order valence-electron chi connectivity index (χ2n) is 7.64. The molecule has 1 atom stereocenters. The topological polar surface area (TPSA) is 124 Å². The van der Waals surface area contributed by atoms with E-state index in [4.69, 9.17) is 19.9 Å². The van der Waals surface area contributed by atoms with Crippen LogP contribution in [-0.4, -0.2) is 70.6 Å². The maximum atomic E-state index is 12.1. The summed E-state index contributed by atoms with van der Waals surface area (Å²) in [5.74, 6) is 6.20. The van der Waals surface area contributed by atoms with Crippen LogP contribution >= 0.6 is 0 Å². The second kappa shape index (κ2) is 15.2. The van der Waals surface area contributed by atoms with Gasteiger partial charge in [-0.25, -0.2) is 0 Å². The number of ether oxygens (including phenoxy) is 3. The van der Waals surface area contributed by atoms with E-state index in [1.807, 2.05) is 20.9 Å². The Bertz CT molecular complexity index is 771. The summed E-state index contributed by atoms with van der Waals surface area (Å²) in [7, 11) is 1.82. The molecule has 0 aliphatic heterocycles. The van der Waals surface area contributed by atoms with Gasteiger partial charge in [-0.1, -0.05) is 31.8 Å². The molecule has 0 aliphatic rings. The Balaban J connectivity index is 2.28. The van der Waals surface area contributed by atoms with Crippen molar-refractivity contribution >= 4 is 11.8 Å². The van der Waals surface area contributed by atoms with Gasteiger partial charge in [0, 0.05) is 24.6 Å². The smallest absolute Gasteiger partial charge is 0.251 e. The molecule has 0 saturated carbocycles. The van der Waals surface area contributed by atoms with Gasteiger partial charge in [0.2, 0.25) is 5.91 Å². The van der Waals surface area contributed by atoms with Gasteiger partial charge in [0.05, 0.1) is 19.8 Å². The van der Waals surface area contributed by atoms with Crippen LogP contribution in [0.4, 0.5) is 0 Å². The van der Waals surface area contributed by atoms with Crippen molar-refractivity contribution in [3.8, 4) is 17.6 Å². The van der Waals surface area contributed by atoms with Crippen LogP contribution < -0.4 is 26.4 Å². The zero-order valence-electron chi connectivity index (χ0n) is 19.5. The van der Waals surface area contributed by atoms with Crippen molar-refractivity contribution in [2.24, 2.45) is 11.7 Å². The maximum Gasteiger partial charge on any atom is 0.251 e. The van der Waals surface area contributed by atoms with Crippen molar-refractivity contribution in [3.05, 3.63) is 29.8 Å². The standard InChI is InChI=1S/C23H36N4O5/c1-18(2)7-6-10-26-21(28)16-30-13-14-32-23(3,24)17-31-20-9-5-8-19(15-20)22(29)27-12-11-25-4/h5,8-9,15,18,25H,10-14,16-17,24H2,1-4H3,(H,26,28)(H,27,29). The van der Waals surface area contributed by atoms with Crippen molar-refractivity contribution in [3.63, 3.8) is 0 Å². The lowest BCUT2D eigenvalue weighted by Gasteiger charge is -2.25. The molecule has 9 nitrogen and oxygen atoms in total. The first-order chi connectivity index (χ1) is 15.2. The summed E-state index contributed by atoms with van der Waals surface area (Å²) in [5.41, 5.74) is 5.54. The molecule has 0 aliphatic carbocycles. The first-order valence-corrected chi connectivity index (χ1v) is 10.6. The van der Waals surface area contributed by atoms with Gasteiger partial charge in [0.1, 0.15) is 24.7 Å². The molecule has 2 amide bonds. The molecule has 1 aromatic carbocycles. The van der Waals surface area contributed by atoms with E-state index in [9.17, 15) is 9.59 Å². The summed E-state index contributed by atoms with van der Waals surface area (Å²) >= 11 is 0. The van der Waals surface area contributed by atoms with Crippen LogP contribution in [0, 0.1) is 17.8 Å². The first kappa shape index (κ1) is 27.4. The highest BCUT2D eigenvalue weighted by Crippen LogP contribution is 2.15. The first-order valence-electron chi connectivity index (χ1n) is 10.6. The van der Waals surface area contributed by atoms with Crippen molar-refractivity contribution in [2.45, 2.75) is 26.5 Å². The van der Waals surface area contributed by atoms with Crippen LogP contribution in [-0.2, 0) is 14.3 Å². The third-order valence-electron chi connectivity index (χ3n) is 3.94. The Morgan fingerprint density at radius 3 is 2.69 bits per heavy atom. The predicted octanol–water partition coefficient (Wildman–Crippen LogP) is 0.498. The van der Waals surface area contributed by atoms with E-state index in [2.05, 4.69) is 27.8 Å². The van der Waals surface area contributed by atoms with Gasteiger partial charge in [0.15, 0.2) is 0 Å². The van der Waals surface area contributed by atoms with Crippen LogP contribution in [0.3, 0.4) is 0 Å². The van der Waals surface area contributed by atoms with Gasteiger partial charge >= 0.3 is 0 Å². The maximum absolute atomic E-state index is 12.1. The SMILES string of the molecule is CNCCNC(=O)c1cccc(OCC(C)(N)OCCOCC(=O)NCC#CC(C)C)c1. The van der Waals surface area contributed by atoms with Gasteiger partial charge < -0.3 is 35.9 Å². The van der Waals surface area contributed by atoms with Gasteiger partial charge in [-0.2, -0.15) is 0 Å². The van der Waals surface area contributed by atoms with Crippen molar-refractivity contribution < 1.29 is 23.8 Å². The number of hydrogen-bond acceptors (Lipinski definition) is 7. The molecule has 1 rings (SSSR count). The van der Waals surface area contributed by atoms with Gasteiger partial charge in [0.25, 0.3) is 5.91 Å². The number of amides is 2. The Morgan fingerprint density at radius 2 is 1.97 bits per heavy atom. The summed E-state index contributed by atoms with van der Waals surface area (Å²) < 4.78 is 16.6. The molecule has 0 aromatic heterocycles. The van der Waals surface area contributed by atoms with Gasteiger partial charge in [-0.3, -0.25) is 9.59 Å². The number of hydrogen-bond donors (Lipinski definition) is 4. The van der Waals surface area contributed by atoms with Crippen molar-refractivity contribution in [1.29, 1.82) is 0 Å². The van der Waals surface area contributed by atoms with E-state index >= 15 is 0 Å². The fraction of sp³-hybridized carbons (Fsp3) is 0.565. The van der Waals surface area contributed by atoms with E-state index in [-0.39, 0.29) is 44.2 Å². The molecule has 1 aromatic rings. The summed E-state index contributed by atoms with van der Waals surface area (Å²) in [6.07, 6.45) is 0. The molecule has 0 fully saturated rings. The number of carbonyl (C=O) groups is 2. The average Bonchev–Trinajstić information content (AvgIpc) is 2.75. The Labute approximate surface area is 190 Å². The summed E-state index contributed by atoms with van der Waals surface area (Å²) in [5, 5.41) is 8.43. The molecular weight excluding hydrogens is 412 g/mol. The van der Waals surface area contributed by atoms with Gasteiger partial charge in [-0.05, 0) is 32.2 Å². The number of likely N-dealkylation sites (N-methyl/N-ethyl adjacent to an activating group) is 1. The van der Waals surface area contributed by atoms with Crippen LogP contribution in [0.5, 0.6) is 5.75 Å². The van der Waals surface area contributed by atoms with Crippen LogP contribution in [0.2, 0.25) is 0 Å². The molecule has 0 bridgehead atoms. The number of carbonyl (C=O) groups excluding carboxylic acids is 2. The summed E-state index contributed by atoms with van der Waals surface area (Å²) in [6, 6.07) is 6.85. The zero-order chi connectivity index (χ0) is 23.8. The fourth-order valence-corrected chi connectivity index (χ4v) is 2.35. The molecule has 5 N–H and O–H groups in total. The highest BCUT2D eigenvalue weighted by molar-refractivity contribution is 5.94. The molecule has 0 spiro atoms. The fourth-order valence-electron chi connectivity index (χ4n) is 2.35. The molecule has 0 heterocycles. The third-order valence-corrected chi connectivity index (χ3v) is 3.94. The molecule has 9 heteroatoms. The lowest BCUT2D eigenvalue weighted by Crippen LogP contribution is -2.46. The van der Waals surface area contributed by atoms with E-state index in [1.54, 1.807) is 31.2 Å². The largest absolute Gasteiger partial charge is 0.489 e. The third kappa shape index (κ3) is 12.9. The van der Waals surface area contributed by atoms with Crippen LogP contribution in [0.15, 0.2) is 24.3 Å². The predicted molar refractivity (Wildman–Crippen MR) is 123 cm³/mol. The van der Waals surface area contributed by atoms with Crippen LogP contribution in [0.25, 0.3) is 0 Å². The Kier molecular flexibility index (Phi) is 13.0. The minimum Gasteiger partial charge on any atom is -0.489 e. The monoisotopic (exact) mass is 448 g/mol. The average molecular weight is 449 g/mol. The van der Waals surface area contributed by atoms with Crippen LogP contribution in [0.1, 0.15) is 31.1 Å². The number of nitrogens with one attached hydrogen (secondary N) is 3. The molecule has 0 saturated heterocycles. The van der Waals surface area contributed by atoms with E-state index in [1.165, 1.54) is 0 Å². The zero-order valence-corrected chi connectivity index (χ0v) is 19.5. The Hall–Kier alpha value is -2.64. The number of benzene rings is 1. The number of rotatable bonds is 14. The van der Waals surface area contributed by atoms with Crippen molar-refractivity contribution in [2.75, 3.05) is 53.1 Å². The molecule has 0 radical (unpaired) electrons. The molecule has 178 valence electrons. The molecular formula is C23H36N4O5. The highest BCUT2D eigenvalue weighted by Gasteiger charge is 2.20. The second-order valence-corrected chi connectivity index (χ2v) is 7.64. The summed E-state index contributed by atoms with van der Waals surface area (Å²) in [6.45, 7) is 7.58. The van der Waals surface area contributed by atoms with Gasteiger partial charge in [-0.15, -0.1) is 0 Å². The Morgan fingerprint density at radius 1 is 1.19 bits per heavy atom.